The standard InChI is InChI=1S/C22H23N6O6P/c1-15-13-28(22(30)24-21(15)29)20-12-18(25-27-23)19(33-20)14-32-35(31,26-16-8-4-2-5-9-16)34-17-10-6-3-7-11-17/h2-11,13,18-20,23H,12,14H2,1H3,(H-,24,26,29,30,31)/p+1. The van der Waals surface area contributed by atoms with Crippen LogP contribution in [0.15, 0.2) is 81.6 Å². The highest BCUT2D eigenvalue weighted by Gasteiger charge is 2.42. The van der Waals surface area contributed by atoms with Crippen molar-refractivity contribution in [1.82, 2.24) is 14.5 Å². The van der Waals surface area contributed by atoms with Gasteiger partial charge in [-0.05, 0) is 31.2 Å². The third-order valence-electron chi connectivity index (χ3n) is 5.28. The number of hydrogen-bond donors (Lipinski definition) is 3. The predicted molar refractivity (Wildman–Crippen MR) is 126 cm³/mol. The highest BCUT2D eigenvalue weighted by molar-refractivity contribution is 7.55. The van der Waals surface area contributed by atoms with Gasteiger partial charge in [-0.15, -0.1) is 0 Å². The van der Waals surface area contributed by atoms with Crippen LogP contribution in [0.5, 0.6) is 5.75 Å². The molecular weight excluding hydrogens is 475 g/mol. The zero-order valence-electron chi connectivity index (χ0n) is 18.7. The van der Waals surface area contributed by atoms with Crippen molar-refractivity contribution in [3.8, 4) is 5.75 Å². The summed E-state index contributed by atoms with van der Waals surface area (Å²) in [6.45, 7) is 1.33. The number of aryl methyl sites for hydroxylation is 1. The van der Waals surface area contributed by atoms with Gasteiger partial charge in [0.15, 0.2) is 6.04 Å². The lowest BCUT2D eigenvalue weighted by molar-refractivity contribution is -0.0237. The molecule has 0 bridgehead atoms. The molecule has 3 N–H and O–H groups in total. The van der Waals surface area contributed by atoms with Crippen molar-refractivity contribution in [2.45, 2.75) is 31.7 Å². The zero-order chi connectivity index (χ0) is 24.8. The first kappa shape index (κ1) is 24.3. The molecule has 35 heavy (non-hydrogen) atoms. The number of ether oxygens (including phenoxy) is 1. The van der Waals surface area contributed by atoms with Crippen LogP contribution < -0.4 is 25.8 Å². The van der Waals surface area contributed by atoms with Crippen LogP contribution in [0.4, 0.5) is 5.69 Å². The second-order valence-electron chi connectivity index (χ2n) is 7.80. The molecule has 1 aliphatic rings. The molecule has 0 amide bonds. The SMILES string of the molecule is Cc1cn(C2CC(N=[N+]=N)C(COP(=O)(Nc3ccccc3)Oc3ccccc3)O2)c(=O)[nH]c1=O. The minimum Gasteiger partial charge on any atom is -0.409 e. The van der Waals surface area contributed by atoms with Crippen LogP contribution >= 0.6 is 7.75 Å². The molecule has 182 valence electrons. The van der Waals surface area contributed by atoms with Crippen LogP contribution in [0, 0.1) is 12.5 Å². The van der Waals surface area contributed by atoms with Crippen LogP contribution in [0.1, 0.15) is 18.2 Å². The Kier molecular flexibility index (Phi) is 7.38. The van der Waals surface area contributed by atoms with Crippen molar-refractivity contribution in [3.63, 3.8) is 0 Å². The first-order valence-corrected chi connectivity index (χ1v) is 12.3. The molecule has 4 unspecified atom stereocenters. The molecule has 2 heterocycles. The van der Waals surface area contributed by atoms with E-state index in [0.717, 1.165) is 0 Å². The van der Waals surface area contributed by atoms with Gasteiger partial charge in [-0.2, -0.15) is 0 Å². The number of hydrogen-bond acceptors (Lipinski definition) is 8. The van der Waals surface area contributed by atoms with Gasteiger partial charge in [-0.25, -0.2) is 9.36 Å². The number of aromatic nitrogens is 2. The van der Waals surface area contributed by atoms with E-state index in [1.54, 1.807) is 61.5 Å². The lowest BCUT2D eigenvalue weighted by Crippen LogP contribution is -2.33. The summed E-state index contributed by atoms with van der Waals surface area (Å²) in [4.78, 5) is 29.4. The summed E-state index contributed by atoms with van der Waals surface area (Å²) in [5.41, 5.74) is 6.86. The van der Waals surface area contributed by atoms with E-state index in [1.165, 1.54) is 10.8 Å². The van der Waals surface area contributed by atoms with E-state index in [2.05, 4.69) is 20.1 Å². The number of anilines is 1. The Morgan fingerprint density at radius 3 is 2.57 bits per heavy atom. The fourth-order valence-electron chi connectivity index (χ4n) is 3.58. The first-order chi connectivity index (χ1) is 16.9. The average molecular weight is 499 g/mol. The summed E-state index contributed by atoms with van der Waals surface area (Å²) in [6.07, 6.45) is -0.000550. The molecule has 1 fully saturated rings. The summed E-state index contributed by atoms with van der Waals surface area (Å²) in [5, 5.41) is 6.68. The molecule has 4 atom stereocenters. The van der Waals surface area contributed by atoms with Crippen molar-refractivity contribution in [1.29, 1.82) is 5.53 Å². The minimum atomic E-state index is -3.94. The highest BCUT2D eigenvalue weighted by Crippen LogP contribution is 2.49. The Bertz CT molecular complexity index is 1330. The van der Waals surface area contributed by atoms with E-state index in [9.17, 15) is 14.2 Å². The van der Waals surface area contributed by atoms with Gasteiger partial charge in [0.25, 0.3) is 5.56 Å². The van der Waals surface area contributed by atoms with E-state index in [-0.39, 0.29) is 13.0 Å². The predicted octanol–water partition coefficient (Wildman–Crippen LogP) is 3.37. The molecule has 2 aromatic carbocycles. The Hall–Kier alpha value is -3.82. The number of nitrogens with one attached hydrogen (secondary N) is 3. The Morgan fingerprint density at radius 2 is 1.89 bits per heavy atom. The molecule has 1 aromatic heterocycles. The second kappa shape index (κ2) is 10.6. The number of benzene rings is 2. The second-order valence-corrected chi connectivity index (χ2v) is 9.46. The zero-order valence-corrected chi connectivity index (χ0v) is 19.6. The van der Waals surface area contributed by atoms with E-state index in [4.69, 9.17) is 19.3 Å². The number of H-pyrrole nitrogens is 1. The Labute approximate surface area is 199 Å². The monoisotopic (exact) mass is 499 g/mol. The van der Waals surface area contributed by atoms with Crippen LogP contribution in [0.25, 0.3) is 0 Å². The smallest absolute Gasteiger partial charge is 0.409 e. The largest absolute Gasteiger partial charge is 0.486 e. The molecule has 0 radical (unpaired) electrons. The molecule has 0 aliphatic carbocycles. The molecule has 13 heteroatoms. The van der Waals surface area contributed by atoms with E-state index in [0.29, 0.717) is 17.0 Å². The lowest BCUT2D eigenvalue weighted by Gasteiger charge is -2.22. The fraction of sp³-hybridized carbons (Fsp3) is 0.273. The molecule has 1 saturated heterocycles. The van der Waals surface area contributed by atoms with Crippen molar-refractivity contribution >= 4 is 13.4 Å². The number of rotatable bonds is 9. The van der Waals surface area contributed by atoms with Crippen molar-refractivity contribution in [3.05, 3.63) is 93.3 Å². The van der Waals surface area contributed by atoms with E-state index in [1.807, 2.05) is 6.07 Å². The van der Waals surface area contributed by atoms with Gasteiger partial charge in [0, 0.05) is 23.9 Å². The number of para-hydroxylation sites is 2. The normalized spacial score (nSPS) is 21.0. The summed E-state index contributed by atoms with van der Waals surface area (Å²) in [5.74, 6) is 0.335. The van der Waals surface area contributed by atoms with Crippen LogP contribution in [-0.2, 0) is 13.8 Å². The van der Waals surface area contributed by atoms with Gasteiger partial charge in [0.1, 0.15) is 28.7 Å². The maximum absolute atomic E-state index is 13.7. The van der Waals surface area contributed by atoms with Crippen molar-refractivity contribution < 1.29 is 18.3 Å². The molecule has 1 aliphatic heterocycles. The molecule has 0 saturated carbocycles. The molecular formula is C22H24N6O6P+. The summed E-state index contributed by atoms with van der Waals surface area (Å²) >= 11 is 0. The van der Waals surface area contributed by atoms with E-state index >= 15 is 0 Å². The molecule has 4 rings (SSSR count). The van der Waals surface area contributed by atoms with Crippen molar-refractivity contribution in [2.24, 2.45) is 5.11 Å². The van der Waals surface area contributed by atoms with Gasteiger partial charge < -0.3 is 9.26 Å². The van der Waals surface area contributed by atoms with Gasteiger partial charge in [0.2, 0.25) is 4.91 Å². The highest BCUT2D eigenvalue weighted by atomic mass is 31.2. The minimum absolute atomic E-state index is 0.192. The maximum atomic E-state index is 13.7. The van der Waals surface area contributed by atoms with Gasteiger partial charge in [-0.3, -0.25) is 24.0 Å². The summed E-state index contributed by atoms with van der Waals surface area (Å²) in [7, 11) is -3.94. The number of nitrogens with zero attached hydrogens (tertiary/aromatic N) is 3. The third-order valence-corrected chi connectivity index (χ3v) is 6.76. The van der Waals surface area contributed by atoms with Crippen LogP contribution in [0.2, 0.25) is 0 Å². The van der Waals surface area contributed by atoms with Crippen molar-refractivity contribution in [2.75, 3.05) is 11.7 Å². The Morgan fingerprint density at radius 1 is 1.20 bits per heavy atom. The third kappa shape index (κ3) is 6.00. The summed E-state index contributed by atoms with van der Waals surface area (Å²) in [6, 6.07) is 16.7. The molecule has 12 nitrogen and oxygen atoms in total. The number of aromatic amines is 1. The van der Waals surface area contributed by atoms with Gasteiger partial charge in [0.05, 0.1) is 6.61 Å². The molecule has 3 aromatic rings. The lowest BCUT2D eigenvalue weighted by atomic mass is 10.1. The quantitative estimate of drug-likeness (QED) is 0.231. The maximum Gasteiger partial charge on any atom is 0.486 e. The van der Waals surface area contributed by atoms with Gasteiger partial charge >= 0.3 is 13.4 Å². The van der Waals surface area contributed by atoms with Gasteiger partial charge in [-0.1, -0.05) is 36.4 Å². The fourth-order valence-corrected chi connectivity index (χ4v) is 4.95. The Balaban J connectivity index is 1.55. The van der Waals surface area contributed by atoms with Crippen LogP contribution in [-0.4, -0.2) is 28.3 Å². The molecule has 0 spiro atoms. The average Bonchev–Trinajstić information content (AvgIpc) is 3.24. The van der Waals surface area contributed by atoms with E-state index < -0.39 is 37.4 Å². The van der Waals surface area contributed by atoms with Crippen LogP contribution in [0.3, 0.4) is 0 Å². The summed E-state index contributed by atoms with van der Waals surface area (Å²) < 4.78 is 32.3. The topological polar surface area (TPSA) is 162 Å². The first-order valence-electron chi connectivity index (χ1n) is 10.7.